The molecule has 0 amide bonds. The highest BCUT2D eigenvalue weighted by atomic mass is 35.5. The van der Waals surface area contributed by atoms with Gasteiger partial charge in [0.15, 0.2) is 11.5 Å². The van der Waals surface area contributed by atoms with Gasteiger partial charge in [-0.25, -0.2) is 4.79 Å². The number of hydrogen-bond donors (Lipinski definition) is 1. The number of hydrogen-bond acceptors (Lipinski definition) is 5. The summed E-state index contributed by atoms with van der Waals surface area (Å²) in [5.41, 5.74) is 3.91. The summed E-state index contributed by atoms with van der Waals surface area (Å²) in [6, 6.07) is 10.6. The van der Waals surface area contributed by atoms with Crippen LogP contribution in [0.25, 0.3) is 5.70 Å². The minimum absolute atomic E-state index is 0.00164. The fourth-order valence-electron chi connectivity index (χ4n) is 4.04. The standard InChI is InChI=1S/C24H17Cl2NO4/c1-4-9-31-23-16(25)10-13(11-17(23)26)19-18(24(29)30-3)12(2)27-21-14-7-5-6-8-15(14)22(28)20(19)21/h1,5-8,10-11,19,27H,9H2,2-3H3. The number of terminal acetylenes is 1. The zero-order valence-corrected chi connectivity index (χ0v) is 18.2. The number of rotatable bonds is 4. The van der Waals surface area contributed by atoms with Crippen molar-refractivity contribution in [1.82, 2.24) is 5.32 Å². The topological polar surface area (TPSA) is 64.6 Å². The van der Waals surface area contributed by atoms with Crippen molar-refractivity contribution >= 4 is 40.7 Å². The van der Waals surface area contributed by atoms with Crippen LogP contribution >= 0.6 is 23.2 Å². The number of dihydropyridines is 1. The van der Waals surface area contributed by atoms with Crippen molar-refractivity contribution in [3.63, 3.8) is 0 Å². The number of ketones is 1. The lowest BCUT2D eigenvalue weighted by Gasteiger charge is -2.29. The number of methoxy groups -OCH3 is 1. The van der Waals surface area contributed by atoms with Gasteiger partial charge in [-0.15, -0.1) is 6.42 Å². The molecule has 0 saturated carbocycles. The van der Waals surface area contributed by atoms with Gasteiger partial charge in [-0.05, 0) is 24.6 Å². The van der Waals surface area contributed by atoms with E-state index in [-0.39, 0.29) is 28.2 Å². The molecule has 0 saturated heterocycles. The van der Waals surface area contributed by atoms with Crippen molar-refractivity contribution in [2.75, 3.05) is 13.7 Å². The zero-order chi connectivity index (χ0) is 22.3. The lowest BCUT2D eigenvalue weighted by molar-refractivity contribution is -0.136. The van der Waals surface area contributed by atoms with E-state index in [2.05, 4.69) is 11.2 Å². The quantitative estimate of drug-likeness (QED) is 0.534. The highest BCUT2D eigenvalue weighted by Crippen LogP contribution is 2.48. The first-order valence-corrected chi connectivity index (χ1v) is 10.1. The van der Waals surface area contributed by atoms with Gasteiger partial charge in [-0.1, -0.05) is 53.4 Å². The van der Waals surface area contributed by atoms with Gasteiger partial charge in [0, 0.05) is 28.3 Å². The first-order chi connectivity index (χ1) is 14.9. The van der Waals surface area contributed by atoms with Gasteiger partial charge >= 0.3 is 5.97 Å². The molecule has 1 heterocycles. The average molecular weight is 454 g/mol. The number of allylic oxidation sites excluding steroid dienone is 2. The normalized spacial score (nSPS) is 17.0. The SMILES string of the molecule is C#CCOc1c(Cl)cc(C2C(C(=O)OC)=C(C)NC3=C2C(=O)c2ccccc23)cc1Cl. The molecule has 1 aliphatic heterocycles. The molecule has 1 N–H and O–H groups in total. The fraction of sp³-hybridized carbons (Fsp3) is 0.167. The summed E-state index contributed by atoms with van der Waals surface area (Å²) < 4.78 is 10.5. The Balaban J connectivity index is 1.92. The maximum Gasteiger partial charge on any atom is 0.336 e. The molecule has 0 bridgehead atoms. The molecule has 0 spiro atoms. The molecular formula is C24H17Cl2NO4. The second-order valence-corrected chi connectivity index (χ2v) is 7.87. The van der Waals surface area contributed by atoms with Crippen LogP contribution < -0.4 is 10.1 Å². The Bertz CT molecular complexity index is 1210. The Kier molecular flexibility index (Phi) is 5.53. The van der Waals surface area contributed by atoms with Crippen molar-refractivity contribution in [1.29, 1.82) is 0 Å². The first kappa shape index (κ1) is 21.0. The molecule has 5 nitrogen and oxygen atoms in total. The summed E-state index contributed by atoms with van der Waals surface area (Å²) in [5.74, 6) is 1.16. The monoisotopic (exact) mass is 453 g/mol. The Hall–Kier alpha value is -3.20. The van der Waals surface area contributed by atoms with E-state index in [1.807, 2.05) is 12.1 Å². The molecule has 1 atom stereocenters. The molecule has 31 heavy (non-hydrogen) atoms. The number of benzene rings is 2. The van der Waals surface area contributed by atoms with E-state index in [4.69, 9.17) is 39.1 Å². The molecule has 4 rings (SSSR count). The maximum atomic E-state index is 13.4. The first-order valence-electron chi connectivity index (χ1n) is 9.38. The Morgan fingerprint density at radius 3 is 2.45 bits per heavy atom. The van der Waals surface area contributed by atoms with E-state index < -0.39 is 11.9 Å². The van der Waals surface area contributed by atoms with Gasteiger partial charge in [0.25, 0.3) is 0 Å². The summed E-state index contributed by atoms with van der Waals surface area (Å²) in [5, 5.41) is 3.67. The van der Waals surface area contributed by atoms with Crippen LogP contribution in [0, 0.1) is 12.3 Å². The molecule has 156 valence electrons. The summed E-state index contributed by atoms with van der Waals surface area (Å²) in [4.78, 5) is 26.1. The molecule has 7 heteroatoms. The largest absolute Gasteiger partial charge is 0.478 e. The second-order valence-electron chi connectivity index (χ2n) is 7.06. The van der Waals surface area contributed by atoms with Gasteiger partial charge in [0.1, 0.15) is 6.61 Å². The minimum atomic E-state index is -0.722. The van der Waals surface area contributed by atoms with Crippen LogP contribution in [-0.2, 0) is 9.53 Å². The molecular weight excluding hydrogens is 437 g/mol. The van der Waals surface area contributed by atoms with E-state index in [9.17, 15) is 9.59 Å². The molecule has 2 aliphatic rings. The molecule has 1 unspecified atom stereocenters. The van der Waals surface area contributed by atoms with Crippen LogP contribution in [0.2, 0.25) is 10.0 Å². The van der Waals surface area contributed by atoms with Crippen LogP contribution in [0.3, 0.4) is 0 Å². The van der Waals surface area contributed by atoms with Crippen LogP contribution in [0.1, 0.15) is 34.3 Å². The van der Waals surface area contributed by atoms with Crippen molar-refractivity contribution in [3.05, 3.63) is 80.0 Å². The van der Waals surface area contributed by atoms with Gasteiger partial charge in [0.2, 0.25) is 0 Å². The Labute approximate surface area is 189 Å². The number of carbonyl (C=O) groups excluding carboxylic acids is 2. The van der Waals surface area contributed by atoms with E-state index in [0.29, 0.717) is 33.7 Å². The number of esters is 1. The summed E-state index contributed by atoms with van der Waals surface area (Å²) in [7, 11) is 1.30. The third kappa shape index (κ3) is 3.38. The van der Waals surface area contributed by atoms with E-state index in [1.165, 1.54) is 7.11 Å². The molecule has 1 aliphatic carbocycles. The predicted octanol–water partition coefficient (Wildman–Crippen LogP) is 4.75. The van der Waals surface area contributed by atoms with Gasteiger partial charge in [-0.2, -0.15) is 0 Å². The maximum absolute atomic E-state index is 13.4. The van der Waals surface area contributed by atoms with Crippen LogP contribution in [0.15, 0.2) is 53.2 Å². The van der Waals surface area contributed by atoms with Crippen molar-refractivity contribution < 1.29 is 19.1 Å². The zero-order valence-electron chi connectivity index (χ0n) is 16.7. The minimum Gasteiger partial charge on any atom is -0.478 e. The number of fused-ring (bicyclic) bond motifs is 2. The molecule has 2 aromatic rings. The molecule has 0 fully saturated rings. The highest BCUT2D eigenvalue weighted by molar-refractivity contribution is 6.37. The number of ether oxygens (including phenoxy) is 2. The van der Waals surface area contributed by atoms with Gasteiger partial charge in [0.05, 0.1) is 28.4 Å². The van der Waals surface area contributed by atoms with Gasteiger partial charge < -0.3 is 14.8 Å². The number of halogens is 2. The van der Waals surface area contributed by atoms with Crippen LogP contribution in [0.4, 0.5) is 0 Å². The Morgan fingerprint density at radius 1 is 1.19 bits per heavy atom. The van der Waals surface area contributed by atoms with E-state index >= 15 is 0 Å². The van der Waals surface area contributed by atoms with Crippen molar-refractivity contribution in [2.45, 2.75) is 12.8 Å². The molecule has 0 aromatic heterocycles. The molecule has 2 aromatic carbocycles. The fourth-order valence-corrected chi connectivity index (χ4v) is 4.65. The van der Waals surface area contributed by atoms with Crippen LogP contribution in [-0.4, -0.2) is 25.5 Å². The number of nitrogens with one attached hydrogen (secondary N) is 1. The predicted molar refractivity (Wildman–Crippen MR) is 119 cm³/mol. The molecule has 0 radical (unpaired) electrons. The summed E-state index contributed by atoms with van der Waals surface area (Å²) >= 11 is 12.9. The third-order valence-electron chi connectivity index (χ3n) is 5.31. The number of carbonyl (C=O) groups is 2. The summed E-state index contributed by atoms with van der Waals surface area (Å²) in [6.45, 7) is 1.77. The Morgan fingerprint density at radius 2 is 1.84 bits per heavy atom. The highest BCUT2D eigenvalue weighted by Gasteiger charge is 2.43. The third-order valence-corrected chi connectivity index (χ3v) is 5.87. The van der Waals surface area contributed by atoms with Crippen molar-refractivity contribution in [3.8, 4) is 18.1 Å². The van der Waals surface area contributed by atoms with E-state index in [1.54, 1.807) is 31.2 Å². The average Bonchev–Trinajstić information content (AvgIpc) is 3.03. The van der Waals surface area contributed by atoms with E-state index in [0.717, 1.165) is 5.56 Å². The lowest BCUT2D eigenvalue weighted by atomic mass is 9.80. The van der Waals surface area contributed by atoms with Crippen molar-refractivity contribution in [2.24, 2.45) is 0 Å². The second kappa shape index (κ2) is 8.14. The number of Topliss-reactive ketones (excluding diaryl/α,β-unsaturated/α-hetero) is 1. The van der Waals surface area contributed by atoms with Crippen LogP contribution in [0.5, 0.6) is 5.75 Å². The van der Waals surface area contributed by atoms with Gasteiger partial charge in [-0.3, -0.25) is 4.79 Å². The smallest absolute Gasteiger partial charge is 0.336 e. The summed E-state index contributed by atoms with van der Waals surface area (Å²) in [6.07, 6.45) is 5.25. The lowest BCUT2D eigenvalue weighted by Crippen LogP contribution is -2.29.